The second kappa shape index (κ2) is 7.31. The van der Waals surface area contributed by atoms with E-state index in [1.807, 2.05) is 0 Å². The Labute approximate surface area is 147 Å². The summed E-state index contributed by atoms with van der Waals surface area (Å²) in [5.41, 5.74) is -1.76. The summed E-state index contributed by atoms with van der Waals surface area (Å²) >= 11 is 0. The average molecular weight is 351 g/mol. The first-order valence-electron chi connectivity index (χ1n) is 8.18. The highest BCUT2D eigenvalue weighted by atomic mass is 16.6. The summed E-state index contributed by atoms with van der Waals surface area (Å²) in [7, 11) is 0. The molecule has 0 saturated heterocycles. The van der Waals surface area contributed by atoms with Crippen molar-refractivity contribution in [1.82, 2.24) is 5.32 Å². The summed E-state index contributed by atoms with van der Waals surface area (Å²) < 4.78 is 16.1. The summed E-state index contributed by atoms with van der Waals surface area (Å²) in [6.45, 7) is 7.19. The zero-order chi connectivity index (χ0) is 18.7. The molecule has 0 spiro atoms. The van der Waals surface area contributed by atoms with Gasteiger partial charge in [-0.15, -0.1) is 0 Å². The van der Waals surface area contributed by atoms with Crippen molar-refractivity contribution in [2.45, 2.75) is 45.3 Å². The Morgan fingerprint density at radius 1 is 1.16 bits per heavy atom. The van der Waals surface area contributed by atoms with Crippen molar-refractivity contribution < 1.29 is 28.9 Å². The molecule has 0 saturated carbocycles. The predicted octanol–water partition coefficient (Wildman–Crippen LogP) is 1.21. The van der Waals surface area contributed by atoms with Crippen LogP contribution in [0.15, 0.2) is 18.2 Å². The minimum atomic E-state index is -1.80. The van der Waals surface area contributed by atoms with Gasteiger partial charge in [0, 0.05) is 0 Å². The van der Waals surface area contributed by atoms with E-state index in [9.17, 15) is 14.7 Å². The van der Waals surface area contributed by atoms with Gasteiger partial charge in [0.2, 0.25) is 5.91 Å². The van der Waals surface area contributed by atoms with Crippen LogP contribution < -0.4 is 14.8 Å². The maximum absolute atomic E-state index is 12.1. The second-order valence-electron chi connectivity index (χ2n) is 7.21. The van der Waals surface area contributed by atoms with Crippen molar-refractivity contribution in [3.63, 3.8) is 0 Å². The third-order valence-corrected chi connectivity index (χ3v) is 3.44. The molecule has 0 fully saturated rings. The maximum Gasteiger partial charge on any atom is 0.340 e. The smallest absolute Gasteiger partial charge is 0.340 e. The fraction of sp³-hybridized carbons (Fsp3) is 0.556. The molecule has 1 aromatic carbocycles. The van der Waals surface area contributed by atoms with E-state index in [2.05, 4.69) is 5.32 Å². The number of aliphatic hydroxyl groups is 1. The van der Waals surface area contributed by atoms with Gasteiger partial charge in [-0.3, -0.25) is 4.79 Å². The van der Waals surface area contributed by atoms with Crippen molar-refractivity contribution in [3.05, 3.63) is 23.8 Å². The Bertz CT molecular complexity index is 647. The largest absolute Gasteiger partial charge is 0.486 e. The van der Waals surface area contributed by atoms with Gasteiger partial charge in [-0.2, -0.15) is 0 Å². The van der Waals surface area contributed by atoms with Crippen LogP contribution >= 0.6 is 0 Å². The topological polar surface area (TPSA) is 94.1 Å². The van der Waals surface area contributed by atoms with Crippen LogP contribution in [0.1, 0.15) is 33.3 Å². The minimum Gasteiger partial charge on any atom is -0.486 e. The molecular weight excluding hydrogens is 326 g/mol. The first-order chi connectivity index (χ1) is 11.6. The number of carbonyl (C=O) groups is 2. The summed E-state index contributed by atoms with van der Waals surface area (Å²) in [5, 5.41) is 12.7. The standard InChI is InChI=1S/C18H25NO6/c1-17(2,3)25-16(21)18(4,22)11-19-15(20)10-12-5-6-13-14(9-12)24-8-7-23-13/h5-6,9,22H,7-8,10-11H2,1-4H3,(H,19,20). The van der Waals surface area contributed by atoms with Crippen molar-refractivity contribution in [2.75, 3.05) is 19.8 Å². The third kappa shape index (κ3) is 5.63. The molecule has 1 unspecified atom stereocenters. The highest BCUT2D eigenvalue weighted by Crippen LogP contribution is 2.30. The number of rotatable bonds is 5. The van der Waals surface area contributed by atoms with E-state index in [-0.39, 0.29) is 18.9 Å². The molecule has 0 bridgehead atoms. The average Bonchev–Trinajstić information content (AvgIpc) is 2.51. The van der Waals surface area contributed by atoms with E-state index in [4.69, 9.17) is 14.2 Å². The molecule has 7 nitrogen and oxygen atoms in total. The fourth-order valence-electron chi connectivity index (χ4n) is 2.18. The van der Waals surface area contributed by atoms with E-state index in [0.717, 1.165) is 5.56 Å². The maximum atomic E-state index is 12.1. The number of carbonyl (C=O) groups excluding carboxylic acids is 2. The summed E-state index contributed by atoms with van der Waals surface area (Å²) in [5.74, 6) is 0.167. The Morgan fingerprint density at radius 3 is 2.44 bits per heavy atom. The number of benzene rings is 1. The lowest BCUT2D eigenvalue weighted by Gasteiger charge is -2.27. The molecule has 2 N–H and O–H groups in total. The van der Waals surface area contributed by atoms with Gasteiger partial charge in [-0.05, 0) is 45.4 Å². The van der Waals surface area contributed by atoms with Gasteiger partial charge >= 0.3 is 5.97 Å². The molecule has 0 radical (unpaired) electrons. The second-order valence-corrected chi connectivity index (χ2v) is 7.21. The van der Waals surface area contributed by atoms with Crippen LogP contribution in [0.4, 0.5) is 0 Å². The van der Waals surface area contributed by atoms with Crippen LogP contribution in [0.3, 0.4) is 0 Å². The Hall–Kier alpha value is -2.28. The van der Waals surface area contributed by atoms with Crippen LogP contribution in [0.5, 0.6) is 11.5 Å². The molecule has 1 aliphatic heterocycles. The SMILES string of the molecule is CC(C)(C)OC(=O)C(C)(O)CNC(=O)Cc1ccc2c(c1)OCCO2. The predicted molar refractivity (Wildman–Crippen MR) is 90.6 cm³/mol. The molecule has 1 heterocycles. The van der Waals surface area contributed by atoms with Gasteiger partial charge < -0.3 is 24.6 Å². The Kier molecular flexibility index (Phi) is 5.57. The highest BCUT2D eigenvalue weighted by Gasteiger charge is 2.35. The van der Waals surface area contributed by atoms with Gasteiger partial charge in [0.1, 0.15) is 18.8 Å². The van der Waals surface area contributed by atoms with Gasteiger partial charge in [0.25, 0.3) is 0 Å². The van der Waals surface area contributed by atoms with E-state index in [1.54, 1.807) is 39.0 Å². The van der Waals surface area contributed by atoms with Gasteiger partial charge in [0.15, 0.2) is 17.1 Å². The highest BCUT2D eigenvalue weighted by molar-refractivity contribution is 5.82. The molecule has 2 rings (SSSR count). The Morgan fingerprint density at radius 2 is 1.80 bits per heavy atom. The lowest BCUT2D eigenvalue weighted by atomic mass is 10.1. The number of ether oxygens (including phenoxy) is 3. The molecule has 1 aromatic rings. The summed E-state index contributed by atoms with van der Waals surface area (Å²) in [6.07, 6.45) is 0.0983. The van der Waals surface area contributed by atoms with Crippen LogP contribution in [0.25, 0.3) is 0 Å². The first kappa shape index (κ1) is 19.1. The van der Waals surface area contributed by atoms with E-state index < -0.39 is 17.2 Å². The van der Waals surface area contributed by atoms with Crippen molar-refractivity contribution in [3.8, 4) is 11.5 Å². The van der Waals surface area contributed by atoms with Crippen molar-refractivity contribution in [2.24, 2.45) is 0 Å². The zero-order valence-corrected chi connectivity index (χ0v) is 15.0. The van der Waals surface area contributed by atoms with Crippen molar-refractivity contribution in [1.29, 1.82) is 0 Å². The molecule has 0 aromatic heterocycles. The van der Waals surface area contributed by atoms with Gasteiger partial charge in [-0.25, -0.2) is 4.79 Å². The molecule has 1 aliphatic rings. The fourth-order valence-corrected chi connectivity index (χ4v) is 2.18. The molecule has 25 heavy (non-hydrogen) atoms. The number of hydrogen-bond acceptors (Lipinski definition) is 6. The summed E-state index contributed by atoms with van der Waals surface area (Å²) in [6, 6.07) is 5.28. The number of amides is 1. The van der Waals surface area contributed by atoms with Crippen molar-refractivity contribution >= 4 is 11.9 Å². The molecule has 1 atom stereocenters. The van der Waals surface area contributed by atoms with Crippen LogP contribution in [0, 0.1) is 0 Å². The van der Waals surface area contributed by atoms with Crippen LogP contribution in [-0.4, -0.2) is 47.9 Å². The van der Waals surface area contributed by atoms with Crippen LogP contribution in [-0.2, 0) is 20.7 Å². The van der Waals surface area contributed by atoms with E-state index in [1.165, 1.54) is 6.92 Å². The molecule has 0 aliphatic carbocycles. The first-order valence-corrected chi connectivity index (χ1v) is 8.18. The number of fused-ring (bicyclic) bond motifs is 1. The zero-order valence-electron chi connectivity index (χ0n) is 15.0. The van der Waals surface area contributed by atoms with Gasteiger partial charge in [0.05, 0.1) is 13.0 Å². The van der Waals surface area contributed by atoms with Gasteiger partial charge in [-0.1, -0.05) is 6.07 Å². The van der Waals surface area contributed by atoms with E-state index in [0.29, 0.717) is 24.7 Å². The molecular formula is C18H25NO6. The minimum absolute atomic E-state index is 0.0983. The summed E-state index contributed by atoms with van der Waals surface area (Å²) in [4.78, 5) is 24.0. The number of esters is 1. The number of hydrogen-bond donors (Lipinski definition) is 2. The molecule has 1 amide bonds. The van der Waals surface area contributed by atoms with E-state index >= 15 is 0 Å². The molecule has 138 valence electrons. The quantitative estimate of drug-likeness (QED) is 0.775. The Balaban J connectivity index is 1.89. The monoisotopic (exact) mass is 351 g/mol. The van der Waals surface area contributed by atoms with Crippen LogP contribution in [0.2, 0.25) is 0 Å². The normalized spacial score (nSPS) is 15.9. The number of nitrogens with one attached hydrogen (secondary N) is 1. The third-order valence-electron chi connectivity index (χ3n) is 3.44. The molecule has 7 heteroatoms. The lowest BCUT2D eigenvalue weighted by Crippen LogP contribution is -2.49. The lowest BCUT2D eigenvalue weighted by molar-refractivity contribution is -0.174.